The first-order chi connectivity index (χ1) is 10.0. The molecule has 0 amide bonds. The fraction of sp³-hybridized carbons (Fsp3) is 1.00. The van der Waals surface area contributed by atoms with E-state index in [1.165, 1.54) is 19.3 Å². The summed E-state index contributed by atoms with van der Waals surface area (Å²) in [5, 5.41) is 3.70. The molecule has 1 aliphatic rings. The summed E-state index contributed by atoms with van der Waals surface area (Å²) in [4.78, 5) is 2.50. The molecule has 0 aromatic heterocycles. The van der Waals surface area contributed by atoms with E-state index in [-0.39, 0.29) is 0 Å². The van der Waals surface area contributed by atoms with E-state index < -0.39 is 0 Å². The number of ether oxygens (including phenoxy) is 2. The van der Waals surface area contributed by atoms with Crippen molar-refractivity contribution in [3.8, 4) is 0 Å². The van der Waals surface area contributed by atoms with Crippen molar-refractivity contribution < 1.29 is 9.47 Å². The second-order valence-corrected chi connectivity index (χ2v) is 7.12. The van der Waals surface area contributed by atoms with Gasteiger partial charge in [0.2, 0.25) is 0 Å². The molecule has 0 aromatic rings. The van der Waals surface area contributed by atoms with Crippen molar-refractivity contribution in [2.75, 3.05) is 53.6 Å². The molecule has 0 heterocycles. The van der Waals surface area contributed by atoms with Crippen LogP contribution in [0.5, 0.6) is 0 Å². The van der Waals surface area contributed by atoms with Crippen molar-refractivity contribution in [1.82, 2.24) is 10.2 Å². The van der Waals surface area contributed by atoms with E-state index in [0.29, 0.717) is 11.5 Å². The maximum Gasteiger partial charge on any atom is 0.0589 e. The van der Waals surface area contributed by atoms with E-state index in [4.69, 9.17) is 9.47 Å². The number of methoxy groups -OCH3 is 2. The molecule has 2 atom stereocenters. The van der Waals surface area contributed by atoms with E-state index in [1.54, 1.807) is 14.2 Å². The van der Waals surface area contributed by atoms with Gasteiger partial charge in [0.1, 0.15) is 0 Å². The molecule has 0 saturated heterocycles. The largest absolute Gasteiger partial charge is 0.383 e. The molecule has 0 aromatic carbocycles. The normalized spacial score (nSPS) is 25.4. The number of hydrogen-bond acceptors (Lipinski definition) is 4. The lowest BCUT2D eigenvalue weighted by Gasteiger charge is -2.43. The zero-order valence-corrected chi connectivity index (χ0v) is 14.8. The lowest BCUT2D eigenvalue weighted by Crippen LogP contribution is -2.48. The molecular weight excluding hydrogens is 264 g/mol. The highest BCUT2D eigenvalue weighted by Crippen LogP contribution is 2.39. The molecule has 126 valence electrons. The second-order valence-electron chi connectivity index (χ2n) is 7.12. The van der Waals surface area contributed by atoms with Gasteiger partial charge in [-0.15, -0.1) is 0 Å². The molecule has 21 heavy (non-hydrogen) atoms. The second kappa shape index (κ2) is 9.78. The molecular formula is C17H36N2O2. The Balaban J connectivity index is 2.60. The molecule has 1 rings (SSSR count). The highest BCUT2D eigenvalue weighted by atomic mass is 16.5. The van der Waals surface area contributed by atoms with Gasteiger partial charge in [-0.2, -0.15) is 0 Å². The minimum Gasteiger partial charge on any atom is -0.383 e. The van der Waals surface area contributed by atoms with Gasteiger partial charge in [-0.1, -0.05) is 20.8 Å². The predicted octanol–water partition coefficient (Wildman–Crippen LogP) is 2.39. The summed E-state index contributed by atoms with van der Waals surface area (Å²) < 4.78 is 10.5. The van der Waals surface area contributed by atoms with Crippen molar-refractivity contribution >= 4 is 0 Å². The fourth-order valence-electron chi connectivity index (χ4n) is 3.53. The van der Waals surface area contributed by atoms with Crippen LogP contribution in [-0.2, 0) is 9.47 Å². The van der Waals surface area contributed by atoms with Gasteiger partial charge in [0, 0.05) is 39.9 Å². The molecule has 4 heteroatoms. The number of nitrogens with one attached hydrogen (secondary N) is 1. The Morgan fingerprint density at radius 1 is 1.14 bits per heavy atom. The molecule has 0 aliphatic heterocycles. The Morgan fingerprint density at radius 2 is 1.76 bits per heavy atom. The summed E-state index contributed by atoms with van der Waals surface area (Å²) in [5.74, 6) is 0.724. The van der Waals surface area contributed by atoms with Crippen LogP contribution in [0.4, 0.5) is 0 Å². The molecule has 0 spiro atoms. The van der Waals surface area contributed by atoms with Gasteiger partial charge in [-0.3, -0.25) is 4.90 Å². The zero-order chi connectivity index (χ0) is 15.7. The molecule has 1 aliphatic carbocycles. The van der Waals surface area contributed by atoms with Crippen LogP contribution >= 0.6 is 0 Å². The molecule has 2 unspecified atom stereocenters. The van der Waals surface area contributed by atoms with Crippen LogP contribution in [0, 0.1) is 11.3 Å². The maximum absolute atomic E-state index is 5.26. The van der Waals surface area contributed by atoms with Crippen LogP contribution in [-0.4, -0.2) is 64.6 Å². The van der Waals surface area contributed by atoms with E-state index in [1.807, 2.05) is 0 Å². The van der Waals surface area contributed by atoms with Crippen LogP contribution in [0.25, 0.3) is 0 Å². The standard InChI is InChI=1S/C17H36N2O2/c1-6-18-16-7-8-17(2,3)13-15(16)14-19(9-11-20-4)10-12-21-5/h15-16,18H,6-14H2,1-5H3. The number of hydrogen-bond donors (Lipinski definition) is 1. The highest BCUT2D eigenvalue weighted by Gasteiger charge is 2.35. The summed E-state index contributed by atoms with van der Waals surface area (Å²) in [5.41, 5.74) is 0.477. The number of rotatable bonds is 10. The lowest BCUT2D eigenvalue weighted by molar-refractivity contribution is 0.0682. The van der Waals surface area contributed by atoms with E-state index >= 15 is 0 Å². The van der Waals surface area contributed by atoms with Crippen LogP contribution in [0.2, 0.25) is 0 Å². The Bertz CT molecular complexity index is 264. The molecule has 1 saturated carbocycles. The first-order valence-electron chi connectivity index (χ1n) is 8.46. The average Bonchev–Trinajstić information content (AvgIpc) is 2.44. The monoisotopic (exact) mass is 300 g/mol. The summed E-state index contributed by atoms with van der Waals surface area (Å²) in [7, 11) is 3.55. The van der Waals surface area contributed by atoms with Gasteiger partial charge in [0.15, 0.2) is 0 Å². The van der Waals surface area contributed by atoms with Gasteiger partial charge in [0.05, 0.1) is 13.2 Å². The third kappa shape index (κ3) is 7.09. The summed E-state index contributed by atoms with van der Waals surface area (Å²) in [6.45, 7) is 12.8. The quantitative estimate of drug-likeness (QED) is 0.672. The molecule has 1 fully saturated rings. The van der Waals surface area contributed by atoms with E-state index in [0.717, 1.165) is 45.3 Å². The third-order valence-electron chi connectivity index (χ3n) is 4.70. The van der Waals surface area contributed by atoms with Gasteiger partial charge in [0.25, 0.3) is 0 Å². The Morgan fingerprint density at radius 3 is 2.29 bits per heavy atom. The fourth-order valence-corrected chi connectivity index (χ4v) is 3.53. The lowest BCUT2D eigenvalue weighted by atomic mass is 9.69. The Hall–Kier alpha value is -0.160. The van der Waals surface area contributed by atoms with Crippen molar-refractivity contribution in [3.63, 3.8) is 0 Å². The Labute approximate surface area is 131 Å². The van der Waals surface area contributed by atoms with Crippen LogP contribution in [0.3, 0.4) is 0 Å². The third-order valence-corrected chi connectivity index (χ3v) is 4.70. The summed E-state index contributed by atoms with van der Waals surface area (Å²) >= 11 is 0. The Kier molecular flexibility index (Phi) is 8.79. The molecule has 1 N–H and O–H groups in total. The zero-order valence-electron chi connectivity index (χ0n) is 14.8. The maximum atomic E-state index is 5.26. The smallest absolute Gasteiger partial charge is 0.0589 e. The summed E-state index contributed by atoms with van der Waals surface area (Å²) in [6, 6.07) is 0.663. The van der Waals surface area contributed by atoms with Crippen LogP contribution in [0.1, 0.15) is 40.0 Å². The first kappa shape index (κ1) is 18.9. The molecule has 0 radical (unpaired) electrons. The van der Waals surface area contributed by atoms with Gasteiger partial charge in [-0.25, -0.2) is 0 Å². The molecule has 0 bridgehead atoms. The van der Waals surface area contributed by atoms with Crippen LogP contribution < -0.4 is 5.32 Å². The minimum absolute atomic E-state index is 0.477. The van der Waals surface area contributed by atoms with Crippen molar-refractivity contribution in [1.29, 1.82) is 0 Å². The number of nitrogens with zero attached hydrogens (tertiary/aromatic N) is 1. The van der Waals surface area contributed by atoms with Crippen molar-refractivity contribution in [2.45, 2.75) is 46.1 Å². The van der Waals surface area contributed by atoms with Gasteiger partial charge >= 0.3 is 0 Å². The van der Waals surface area contributed by atoms with Crippen molar-refractivity contribution in [2.24, 2.45) is 11.3 Å². The topological polar surface area (TPSA) is 33.7 Å². The average molecular weight is 300 g/mol. The van der Waals surface area contributed by atoms with E-state index in [2.05, 4.69) is 31.0 Å². The van der Waals surface area contributed by atoms with Gasteiger partial charge in [-0.05, 0) is 37.1 Å². The SMILES string of the molecule is CCNC1CCC(C)(C)CC1CN(CCOC)CCOC. The first-order valence-corrected chi connectivity index (χ1v) is 8.46. The van der Waals surface area contributed by atoms with E-state index in [9.17, 15) is 0 Å². The van der Waals surface area contributed by atoms with Crippen LogP contribution in [0.15, 0.2) is 0 Å². The predicted molar refractivity (Wildman–Crippen MR) is 88.8 cm³/mol. The highest BCUT2D eigenvalue weighted by molar-refractivity contribution is 4.90. The molecule has 4 nitrogen and oxygen atoms in total. The summed E-state index contributed by atoms with van der Waals surface area (Å²) in [6.07, 6.45) is 3.94. The van der Waals surface area contributed by atoms with Gasteiger partial charge < -0.3 is 14.8 Å². The van der Waals surface area contributed by atoms with Crippen molar-refractivity contribution in [3.05, 3.63) is 0 Å². The minimum atomic E-state index is 0.477.